The highest BCUT2D eigenvalue weighted by Crippen LogP contribution is 2.27. The summed E-state index contributed by atoms with van der Waals surface area (Å²) in [5, 5.41) is 4.14. The van der Waals surface area contributed by atoms with Gasteiger partial charge in [0.1, 0.15) is 17.7 Å². The zero-order valence-electron chi connectivity index (χ0n) is 14.3. The van der Waals surface area contributed by atoms with E-state index in [-0.39, 0.29) is 0 Å². The molecule has 2 aromatic carbocycles. The van der Waals surface area contributed by atoms with Gasteiger partial charge in [-0.25, -0.2) is 0 Å². The van der Waals surface area contributed by atoms with E-state index in [1.807, 2.05) is 42.5 Å². The number of carbonyl (C=O) groups excluding carboxylic acids is 1. The number of hydrogen-bond acceptors (Lipinski definition) is 4. The Kier molecular flexibility index (Phi) is 5.62. The van der Waals surface area contributed by atoms with Gasteiger partial charge in [-0.1, -0.05) is 49.2 Å². The van der Waals surface area contributed by atoms with E-state index in [2.05, 4.69) is 12.1 Å². The summed E-state index contributed by atoms with van der Waals surface area (Å²) in [6.07, 6.45) is 4.28. The van der Waals surface area contributed by atoms with Gasteiger partial charge >= 0.3 is 0 Å². The molecule has 0 aliphatic heterocycles. The summed E-state index contributed by atoms with van der Waals surface area (Å²) < 4.78 is 11.2. The summed E-state index contributed by atoms with van der Waals surface area (Å²) in [6, 6.07) is 17.0. The third-order valence-corrected chi connectivity index (χ3v) is 4.01. The van der Waals surface area contributed by atoms with Crippen LogP contribution in [0.2, 0.25) is 0 Å². The van der Waals surface area contributed by atoms with Crippen LogP contribution < -0.4 is 4.74 Å². The molecule has 25 heavy (non-hydrogen) atoms. The predicted octanol–water partition coefficient (Wildman–Crippen LogP) is 5.39. The largest absolute Gasteiger partial charge is 0.494 e. The Balaban J connectivity index is 1.68. The minimum Gasteiger partial charge on any atom is -0.494 e. The number of benzene rings is 2. The molecule has 0 saturated heterocycles. The molecule has 0 aliphatic carbocycles. The van der Waals surface area contributed by atoms with E-state index in [9.17, 15) is 4.79 Å². The van der Waals surface area contributed by atoms with Gasteiger partial charge < -0.3 is 9.26 Å². The van der Waals surface area contributed by atoms with Crippen LogP contribution in [0, 0.1) is 0 Å². The molecule has 0 aliphatic rings. The number of aldehydes is 1. The molecule has 0 N–H and O–H groups in total. The number of rotatable bonds is 8. The highest BCUT2D eigenvalue weighted by atomic mass is 16.5. The van der Waals surface area contributed by atoms with Gasteiger partial charge in [0.15, 0.2) is 5.76 Å². The lowest BCUT2D eigenvalue weighted by molar-refractivity contribution is 0.112. The second kappa shape index (κ2) is 8.29. The van der Waals surface area contributed by atoms with Crippen molar-refractivity contribution in [3.63, 3.8) is 0 Å². The van der Waals surface area contributed by atoms with Crippen LogP contribution in [0.1, 0.15) is 36.5 Å². The Hall–Kier alpha value is -2.88. The molecule has 128 valence electrons. The summed E-state index contributed by atoms with van der Waals surface area (Å²) in [5.74, 6) is 1.54. The molecular weight excluding hydrogens is 314 g/mol. The Bertz CT molecular complexity index is 804. The SMILES string of the molecule is CCCCCOc1ccc(-c2cc(-c3ccc(C=O)cc3)on2)cc1. The molecule has 0 bridgehead atoms. The van der Waals surface area contributed by atoms with E-state index in [0.29, 0.717) is 11.3 Å². The summed E-state index contributed by atoms with van der Waals surface area (Å²) >= 11 is 0. The van der Waals surface area contributed by atoms with Gasteiger partial charge in [-0.05, 0) is 30.7 Å². The van der Waals surface area contributed by atoms with Crippen molar-refractivity contribution in [2.24, 2.45) is 0 Å². The maximum atomic E-state index is 10.7. The number of carbonyl (C=O) groups is 1. The van der Waals surface area contributed by atoms with E-state index < -0.39 is 0 Å². The van der Waals surface area contributed by atoms with Crippen molar-refractivity contribution in [1.82, 2.24) is 5.16 Å². The first-order chi connectivity index (χ1) is 12.3. The fourth-order valence-electron chi connectivity index (χ4n) is 2.54. The Morgan fingerprint density at radius 3 is 2.40 bits per heavy atom. The molecule has 4 heteroatoms. The fraction of sp³-hybridized carbons (Fsp3) is 0.238. The van der Waals surface area contributed by atoms with E-state index in [0.717, 1.165) is 41.9 Å². The van der Waals surface area contributed by atoms with Crippen LogP contribution in [-0.2, 0) is 0 Å². The first-order valence-corrected chi connectivity index (χ1v) is 8.55. The van der Waals surface area contributed by atoms with E-state index >= 15 is 0 Å². The number of aromatic nitrogens is 1. The molecule has 3 rings (SSSR count). The first kappa shape index (κ1) is 17.0. The number of nitrogens with zero attached hydrogens (tertiary/aromatic N) is 1. The van der Waals surface area contributed by atoms with Gasteiger partial charge in [0.25, 0.3) is 0 Å². The third-order valence-electron chi connectivity index (χ3n) is 4.01. The maximum Gasteiger partial charge on any atom is 0.167 e. The van der Waals surface area contributed by atoms with E-state index in [4.69, 9.17) is 9.26 Å². The molecular formula is C21H21NO3. The van der Waals surface area contributed by atoms with Gasteiger partial charge in [0.05, 0.1) is 6.61 Å². The number of hydrogen-bond donors (Lipinski definition) is 0. The molecule has 0 fully saturated rings. The Morgan fingerprint density at radius 1 is 1.00 bits per heavy atom. The van der Waals surface area contributed by atoms with Crippen molar-refractivity contribution in [2.45, 2.75) is 26.2 Å². The predicted molar refractivity (Wildman–Crippen MR) is 97.8 cm³/mol. The normalized spacial score (nSPS) is 10.6. The molecule has 0 radical (unpaired) electrons. The van der Waals surface area contributed by atoms with Gasteiger partial charge in [0, 0.05) is 22.8 Å². The average Bonchev–Trinajstić information content (AvgIpc) is 3.16. The lowest BCUT2D eigenvalue weighted by Gasteiger charge is -2.05. The molecule has 3 aromatic rings. The van der Waals surface area contributed by atoms with Crippen molar-refractivity contribution in [3.05, 3.63) is 60.2 Å². The minimum absolute atomic E-state index is 0.637. The van der Waals surface area contributed by atoms with Crippen molar-refractivity contribution in [1.29, 1.82) is 0 Å². The van der Waals surface area contributed by atoms with Crippen molar-refractivity contribution < 1.29 is 14.1 Å². The number of unbranched alkanes of at least 4 members (excludes halogenated alkanes) is 2. The molecule has 0 amide bonds. The Labute approximate surface area is 147 Å². The topological polar surface area (TPSA) is 52.3 Å². The van der Waals surface area contributed by atoms with Crippen LogP contribution in [0.15, 0.2) is 59.1 Å². The molecule has 0 unspecified atom stereocenters. The Morgan fingerprint density at radius 2 is 1.72 bits per heavy atom. The van der Waals surface area contributed by atoms with Crippen LogP contribution >= 0.6 is 0 Å². The van der Waals surface area contributed by atoms with Crippen LogP contribution in [-0.4, -0.2) is 18.0 Å². The standard InChI is InChI=1S/C21H21NO3/c1-2-3-4-13-24-19-11-9-17(10-12-19)20-14-21(25-22-20)18-7-5-16(15-23)6-8-18/h5-12,14-15H,2-4,13H2,1H3. The van der Waals surface area contributed by atoms with Crippen molar-refractivity contribution in [2.75, 3.05) is 6.61 Å². The van der Waals surface area contributed by atoms with Crippen molar-refractivity contribution >= 4 is 6.29 Å². The molecule has 0 spiro atoms. The highest BCUT2D eigenvalue weighted by Gasteiger charge is 2.09. The van der Waals surface area contributed by atoms with Crippen LogP contribution in [0.5, 0.6) is 5.75 Å². The minimum atomic E-state index is 0.637. The lowest BCUT2D eigenvalue weighted by atomic mass is 10.1. The smallest absolute Gasteiger partial charge is 0.167 e. The molecule has 1 heterocycles. The average molecular weight is 335 g/mol. The zero-order valence-corrected chi connectivity index (χ0v) is 14.3. The van der Waals surface area contributed by atoms with Crippen LogP contribution in [0.4, 0.5) is 0 Å². The van der Waals surface area contributed by atoms with Crippen molar-refractivity contribution in [3.8, 4) is 28.3 Å². The first-order valence-electron chi connectivity index (χ1n) is 8.55. The second-order valence-electron chi connectivity index (χ2n) is 5.90. The highest BCUT2D eigenvalue weighted by molar-refractivity contribution is 5.76. The molecule has 0 atom stereocenters. The third kappa shape index (κ3) is 4.35. The summed E-state index contributed by atoms with van der Waals surface area (Å²) in [5.41, 5.74) is 3.27. The summed E-state index contributed by atoms with van der Waals surface area (Å²) in [7, 11) is 0. The van der Waals surface area contributed by atoms with Gasteiger partial charge in [-0.15, -0.1) is 0 Å². The second-order valence-corrected chi connectivity index (χ2v) is 5.90. The van der Waals surface area contributed by atoms with Crippen LogP contribution in [0.25, 0.3) is 22.6 Å². The van der Waals surface area contributed by atoms with Gasteiger partial charge in [-0.2, -0.15) is 0 Å². The van der Waals surface area contributed by atoms with Crippen LogP contribution in [0.3, 0.4) is 0 Å². The summed E-state index contributed by atoms with van der Waals surface area (Å²) in [4.78, 5) is 10.7. The van der Waals surface area contributed by atoms with Gasteiger partial charge in [0.2, 0.25) is 0 Å². The van der Waals surface area contributed by atoms with E-state index in [1.54, 1.807) is 12.1 Å². The molecule has 0 saturated carbocycles. The maximum absolute atomic E-state index is 10.7. The lowest BCUT2D eigenvalue weighted by Crippen LogP contribution is -1.96. The summed E-state index contributed by atoms with van der Waals surface area (Å²) in [6.45, 7) is 2.93. The monoisotopic (exact) mass is 335 g/mol. The zero-order chi connectivity index (χ0) is 17.5. The quantitative estimate of drug-likeness (QED) is 0.409. The molecule has 1 aromatic heterocycles. The fourth-order valence-corrected chi connectivity index (χ4v) is 2.54. The van der Waals surface area contributed by atoms with E-state index in [1.165, 1.54) is 12.8 Å². The van der Waals surface area contributed by atoms with Gasteiger partial charge in [-0.3, -0.25) is 4.79 Å². The number of ether oxygens (including phenoxy) is 1. The molecule has 4 nitrogen and oxygen atoms in total.